The van der Waals surface area contributed by atoms with Gasteiger partial charge in [0.1, 0.15) is 11.6 Å². The topological polar surface area (TPSA) is 27.8 Å². The molecule has 0 aliphatic heterocycles. The van der Waals surface area contributed by atoms with E-state index < -0.39 is 11.6 Å². The summed E-state index contributed by atoms with van der Waals surface area (Å²) in [5.41, 5.74) is 1.27. The van der Waals surface area contributed by atoms with Crippen molar-refractivity contribution in [2.45, 2.75) is 25.9 Å². The molecule has 4 heteroatoms. The van der Waals surface area contributed by atoms with Gasteiger partial charge in [-0.1, -0.05) is 6.07 Å². The van der Waals surface area contributed by atoms with Gasteiger partial charge in [-0.15, -0.1) is 0 Å². The first kappa shape index (κ1) is 12.8. The Labute approximate surface area is 105 Å². The molecular weight excluding hydrogens is 234 g/mol. The summed E-state index contributed by atoms with van der Waals surface area (Å²) in [6, 6.07) is 5.93. The molecule has 0 saturated carbocycles. The first-order valence-electron chi connectivity index (χ1n) is 5.94. The Morgan fingerprint density at radius 1 is 1.22 bits per heavy atom. The van der Waals surface area contributed by atoms with E-state index in [9.17, 15) is 8.78 Å². The number of rotatable bonds is 5. The first-order valence-corrected chi connectivity index (χ1v) is 5.94. The number of nitrogens with one attached hydrogen (secondary N) is 2. The number of aromatic nitrogens is 1. The SMILES string of the molecule is CC(Cc1c(F)cccc1F)NCc1cc[nH]c1. The Hall–Kier alpha value is -1.68. The van der Waals surface area contributed by atoms with Crippen LogP contribution in [0.1, 0.15) is 18.1 Å². The van der Waals surface area contributed by atoms with E-state index in [2.05, 4.69) is 10.3 Å². The predicted octanol–water partition coefficient (Wildman–Crippen LogP) is 3.01. The quantitative estimate of drug-likeness (QED) is 0.838. The molecule has 18 heavy (non-hydrogen) atoms. The van der Waals surface area contributed by atoms with Crippen molar-refractivity contribution >= 4 is 0 Å². The Kier molecular flexibility index (Phi) is 4.10. The largest absolute Gasteiger partial charge is 0.367 e. The minimum atomic E-state index is -0.481. The maximum absolute atomic E-state index is 13.5. The van der Waals surface area contributed by atoms with Crippen molar-refractivity contribution < 1.29 is 8.78 Å². The van der Waals surface area contributed by atoms with Crippen LogP contribution in [0.2, 0.25) is 0 Å². The molecule has 96 valence electrons. The third kappa shape index (κ3) is 3.17. The number of H-pyrrole nitrogens is 1. The summed E-state index contributed by atoms with van der Waals surface area (Å²) in [6.45, 7) is 2.60. The third-order valence-electron chi connectivity index (χ3n) is 2.89. The van der Waals surface area contributed by atoms with Gasteiger partial charge in [0.05, 0.1) is 0 Å². The number of hydrogen-bond acceptors (Lipinski definition) is 1. The number of aromatic amines is 1. The van der Waals surface area contributed by atoms with Crippen molar-refractivity contribution in [2.75, 3.05) is 0 Å². The zero-order valence-corrected chi connectivity index (χ0v) is 10.2. The van der Waals surface area contributed by atoms with Crippen LogP contribution in [0.5, 0.6) is 0 Å². The van der Waals surface area contributed by atoms with E-state index in [4.69, 9.17) is 0 Å². The van der Waals surface area contributed by atoms with Crippen molar-refractivity contribution in [3.63, 3.8) is 0 Å². The van der Waals surface area contributed by atoms with Crippen LogP contribution < -0.4 is 5.32 Å². The minimum absolute atomic E-state index is 0.00583. The summed E-state index contributed by atoms with van der Waals surface area (Å²) in [5, 5.41) is 3.23. The fraction of sp³-hybridized carbons (Fsp3) is 0.286. The average Bonchev–Trinajstić information content (AvgIpc) is 2.84. The van der Waals surface area contributed by atoms with Gasteiger partial charge < -0.3 is 10.3 Å². The van der Waals surface area contributed by atoms with E-state index in [1.165, 1.54) is 18.2 Å². The molecule has 1 aromatic heterocycles. The fourth-order valence-electron chi connectivity index (χ4n) is 1.87. The molecule has 2 rings (SSSR count). The predicted molar refractivity (Wildman–Crippen MR) is 67.2 cm³/mol. The van der Waals surface area contributed by atoms with Crippen molar-refractivity contribution in [3.05, 3.63) is 59.4 Å². The van der Waals surface area contributed by atoms with E-state index in [0.29, 0.717) is 13.0 Å². The zero-order valence-electron chi connectivity index (χ0n) is 10.2. The maximum Gasteiger partial charge on any atom is 0.129 e. The molecule has 0 bridgehead atoms. The smallest absolute Gasteiger partial charge is 0.129 e. The van der Waals surface area contributed by atoms with Crippen LogP contribution in [0.4, 0.5) is 8.78 Å². The van der Waals surface area contributed by atoms with Gasteiger partial charge >= 0.3 is 0 Å². The van der Waals surface area contributed by atoms with Gasteiger partial charge in [-0.3, -0.25) is 0 Å². The third-order valence-corrected chi connectivity index (χ3v) is 2.89. The van der Waals surface area contributed by atoms with Crippen molar-refractivity contribution in [2.24, 2.45) is 0 Å². The van der Waals surface area contributed by atoms with Crippen LogP contribution in [0.3, 0.4) is 0 Å². The van der Waals surface area contributed by atoms with E-state index in [0.717, 1.165) is 5.56 Å². The molecule has 1 heterocycles. The van der Waals surface area contributed by atoms with Crippen LogP contribution in [-0.4, -0.2) is 11.0 Å². The molecule has 0 aliphatic carbocycles. The molecule has 0 saturated heterocycles. The highest BCUT2D eigenvalue weighted by Gasteiger charge is 2.12. The second-order valence-corrected chi connectivity index (χ2v) is 4.41. The zero-order chi connectivity index (χ0) is 13.0. The van der Waals surface area contributed by atoms with Crippen molar-refractivity contribution in [1.29, 1.82) is 0 Å². The normalized spacial score (nSPS) is 12.6. The number of hydrogen-bond donors (Lipinski definition) is 2. The number of halogens is 2. The monoisotopic (exact) mass is 250 g/mol. The van der Waals surface area contributed by atoms with Crippen LogP contribution in [-0.2, 0) is 13.0 Å². The van der Waals surface area contributed by atoms with E-state index in [1.54, 1.807) is 0 Å². The second-order valence-electron chi connectivity index (χ2n) is 4.41. The molecule has 1 unspecified atom stereocenters. The van der Waals surface area contributed by atoms with Crippen LogP contribution in [0.25, 0.3) is 0 Å². The highest BCUT2D eigenvalue weighted by atomic mass is 19.1. The van der Waals surface area contributed by atoms with Gasteiger partial charge in [0.25, 0.3) is 0 Å². The lowest BCUT2D eigenvalue weighted by atomic mass is 10.1. The first-order chi connectivity index (χ1) is 8.66. The molecule has 0 amide bonds. The lowest BCUT2D eigenvalue weighted by molar-refractivity contribution is 0.499. The van der Waals surface area contributed by atoms with Gasteiger partial charge in [0, 0.05) is 30.5 Å². The van der Waals surface area contributed by atoms with E-state index in [-0.39, 0.29) is 11.6 Å². The van der Waals surface area contributed by atoms with Crippen molar-refractivity contribution in [3.8, 4) is 0 Å². The fourth-order valence-corrected chi connectivity index (χ4v) is 1.87. The lowest BCUT2D eigenvalue weighted by Crippen LogP contribution is -2.28. The lowest BCUT2D eigenvalue weighted by Gasteiger charge is -2.14. The molecule has 0 aliphatic rings. The summed E-state index contributed by atoms with van der Waals surface area (Å²) in [6.07, 6.45) is 4.07. The summed E-state index contributed by atoms with van der Waals surface area (Å²) in [4.78, 5) is 2.96. The summed E-state index contributed by atoms with van der Waals surface area (Å²) in [5.74, 6) is -0.962. The van der Waals surface area contributed by atoms with Gasteiger partial charge in [-0.2, -0.15) is 0 Å². The molecule has 0 radical (unpaired) electrons. The van der Waals surface area contributed by atoms with Gasteiger partial charge in [0.15, 0.2) is 0 Å². The van der Waals surface area contributed by atoms with Crippen LogP contribution in [0, 0.1) is 11.6 Å². The Bertz CT molecular complexity index is 474. The number of benzene rings is 1. The molecular formula is C14H16F2N2. The molecule has 0 spiro atoms. The molecule has 1 aromatic carbocycles. The highest BCUT2D eigenvalue weighted by molar-refractivity contribution is 5.20. The summed E-state index contributed by atoms with van der Waals surface area (Å²) in [7, 11) is 0. The average molecular weight is 250 g/mol. The van der Waals surface area contributed by atoms with Crippen LogP contribution in [0.15, 0.2) is 36.7 Å². The maximum atomic E-state index is 13.5. The van der Waals surface area contributed by atoms with Gasteiger partial charge in [0.2, 0.25) is 0 Å². The molecule has 0 fully saturated rings. The molecule has 2 nitrogen and oxygen atoms in total. The van der Waals surface area contributed by atoms with Gasteiger partial charge in [-0.25, -0.2) is 8.78 Å². The van der Waals surface area contributed by atoms with Crippen molar-refractivity contribution in [1.82, 2.24) is 10.3 Å². The minimum Gasteiger partial charge on any atom is -0.367 e. The van der Waals surface area contributed by atoms with E-state index >= 15 is 0 Å². The second kappa shape index (κ2) is 5.78. The molecule has 1 atom stereocenters. The summed E-state index contributed by atoms with van der Waals surface area (Å²) < 4.78 is 26.9. The van der Waals surface area contributed by atoms with E-state index in [1.807, 2.05) is 25.4 Å². The van der Waals surface area contributed by atoms with Crippen LogP contribution >= 0.6 is 0 Å². The standard InChI is InChI=1S/C14H16F2N2/c1-10(18-9-11-5-6-17-8-11)7-12-13(15)3-2-4-14(12)16/h2-6,8,10,17-18H,7,9H2,1H3. The Morgan fingerprint density at radius 2 is 1.94 bits per heavy atom. The Balaban J connectivity index is 1.92. The summed E-state index contributed by atoms with van der Waals surface area (Å²) >= 11 is 0. The Morgan fingerprint density at radius 3 is 2.56 bits per heavy atom. The van der Waals surface area contributed by atoms with Gasteiger partial charge in [-0.05, 0) is 37.1 Å². The molecule has 2 N–H and O–H groups in total. The molecule has 2 aromatic rings. The highest BCUT2D eigenvalue weighted by Crippen LogP contribution is 2.14.